The molecule has 4 nitrogen and oxygen atoms in total. The van der Waals surface area contributed by atoms with Crippen LogP contribution in [0.3, 0.4) is 0 Å². The fraction of sp³-hybridized carbons (Fsp3) is 0.704. The van der Waals surface area contributed by atoms with Gasteiger partial charge in [-0.1, -0.05) is 48.9 Å². The summed E-state index contributed by atoms with van der Waals surface area (Å²) >= 11 is 3.77. The molecule has 182 valence electrons. The fourth-order valence-corrected chi connectivity index (χ4v) is 4.89. The van der Waals surface area contributed by atoms with Crippen molar-refractivity contribution >= 4 is 28.2 Å². The Morgan fingerprint density at radius 3 is 2.41 bits per heavy atom. The molecule has 0 N–H and O–H groups in total. The van der Waals surface area contributed by atoms with Crippen LogP contribution in [0.15, 0.2) is 39.0 Å². The largest absolute Gasteiger partial charge is 0.444 e. The predicted octanol–water partition coefficient (Wildman–Crippen LogP) is 8.44. The number of amides is 1. The molecule has 0 aromatic rings. The van der Waals surface area contributed by atoms with Gasteiger partial charge in [0.05, 0.1) is 0 Å². The van der Waals surface area contributed by atoms with Gasteiger partial charge in [-0.05, 0) is 90.6 Å². The van der Waals surface area contributed by atoms with Crippen LogP contribution in [0.4, 0.5) is 4.79 Å². The van der Waals surface area contributed by atoms with Crippen molar-refractivity contribution in [2.45, 2.75) is 99.0 Å². The van der Waals surface area contributed by atoms with Crippen LogP contribution in [0.2, 0.25) is 0 Å². The van der Waals surface area contributed by atoms with Crippen molar-refractivity contribution in [3.8, 4) is 0 Å². The smallest absolute Gasteiger partial charge is 0.410 e. The summed E-state index contributed by atoms with van der Waals surface area (Å²) in [6, 6.07) is 0. The predicted molar refractivity (Wildman–Crippen MR) is 141 cm³/mol. The van der Waals surface area contributed by atoms with E-state index in [1.807, 2.05) is 38.8 Å². The number of carbonyl (C=O) groups excluding carboxylic acids is 1. The van der Waals surface area contributed by atoms with Crippen LogP contribution in [0.25, 0.3) is 0 Å². The molecule has 0 spiro atoms. The molecule has 32 heavy (non-hydrogen) atoms. The minimum atomic E-state index is -0.433. The minimum Gasteiger partial charge on any atom is -0.444 e. The van der Waals surface area contributed by atoms with Crippen LogP contribution in [-0.2, 0) is 4.74 Å². The highest BCUT2D eigenvalue weighted by molar-refractivity contribution is 9.12. The van der Waals surface area contributed by atoms with Gasteiger partial charge in [0.15, 0.2) is 0 Å². The summed E-state index contributed by atoms with van der Waals surface area (Å²) in [6.45, 7) is 20.1. The van der Waals surface area contributed by atoms with E-state index in [-0.39, 0.29) is 6.09 Å². The molecule has 1 aliphatic heterocycles. The number of ether oxygens (including phenoxy) is 1. The summed E-state index contributed by atoms with van der Waals surface area (Å²) in [5, 5.41) is 0. The topological polar surface area (TPSA) is 41.9 Å². The van der Waals surface area contributed by atoms with E-state index in [0.29, 0.717) is 11.8 Å². The van der Waals surface area contributed by atoms with Crippen molar-refractivity contribution in [3.05, 3.63) is 34.0 Å². The Kier molecular flexibility index (Phi) is 12.6. The van der Waals surface area contributed by atoms with Gasteiger partial charge in [-0.3, -0.25) is 4.99 Å². The van der Waals surface area contributed by atoms with Crippen LogP contribution in [0.1, 0.15) is 93.4 Å². The lowest BCUT2D eigenvalue weighted by Gasteiger charge is -2.35. The molecule has 0 aromatic carbocycles. The average molecular weight is 510 g/mol. The number of nitrogens with zero attached hydrogens (tertiary/aromatic N) is 2. The third kappa shape index (κ3) is 10.5. The first-order chi connectivity index (χ1) is 15.0. The van der Waals surface area contributed by atoms with Crippen LogP contribution < -0.4 is 0 Å². The molecule has 0 radical (unpaired) electrons. The first-order valence-corrected chi connectivity index (χ1v) is 13.0. The van der Waals surface area contributed by atoms with Crippen molar-refractivity contribution in [2.75, 3.05) is 13.1 Å². The maximum Gasteiger partial charge on any atom is 0.410 e. The van der Waals surface area contributed by atoms with E-state index in [1.165, 1.54) is 12.8 Å². The van der Waals surface area contributed by atoms with Gasteiger partial charge < -0.3 is 9.64 Å². The van der Waals surface area contributed by atoms with Crippen molar-refractivity contribution < 1.29 is 9.53 Å². The molecule has 0 aromatic heterocycles. The van der Waals surface area contributed by atoms with E-state index in [9.17, 15) is 4.79 Å². The van der Waals surface area contributed by atoms with E-state index >= 15 is 0 Å². The molecule has 1 rings (SSSR count). The molecule has 1 heterocycles. The zero-order valence-corrected chi connectivity index (χ0v) is 23.1. The number of aliphatic imine (C=N–C) groups is 1. The molecule has 5 heteroatoms. The highest BCUT2D eigenvalue weighted by Gasteiger charge is 2.28. The normalized spacial score (nSPS) is 18.0. The summed E-state index contributed by atoms with van der Waals surface area (Å²) in [5.74, 6) is 1.28. The Bertz CT molecular complexity index is 708. The van der Waals surface area contributed by atoms with E-state index in [1.54, 1.807) is 0 Å². The van der Waals surface area contributed by atoms with E-state index in [2.05, 4.69) is 54.3 Å². The van der Waals surface area contributed by atoms with Gasteiger partial charge in [-0.2, -0.15) is 0 Å². The number of hydrogen-bond donors (Lipinski definition) is 0. The van der Waals surface area contributed by atoms with Crippen LogP contribution in [-0.4, -0.2) is 35.9 Å². The monoisotopic (exact) mass is 508 g/mol. The van der Waals surface area contributed by atoms with Gasteiger partial charge in [0.2, 0.25) is 0 Å². The zero-order valence-electron chi connectivity index (χ0n) is 21.5. The molecule has 0 bridgehead atoms. The van der Waals surface area contributed by atoms with Gasteiger partial charge in [0.25, 0.3) is 0 Å². The molecule has 0 saturated carbocycles. The second-order valence-electron chi connectivity index (χ2n) is 10.1. The molecule has 1 fully saturated rings. The number of hydrogen-bond acceptors (Lipinski definition) is 3. The van der Waals surface area contributed by atoms with Gasteiger partial charge in [0, 0.05) is 35.1 Å². The molecule has 1 amide bonds. The summed E-state index contributed by atoms with van der Waals surface area (Å²) in [4.78, 5) is 18.8. The average Bonchev–Trinajstić information content (AvgIpc) is 2.69. The molecule has 1 unspecified atom stereocenters. The number of likely N-dealkylation sites (tertiary alicyclic amines) is 1. The molecule has 0 aliphatic carbocycles. The standard InChI is InChI=1S/C27H45BrN2O2/c1-9-10-11-17-29-22(5)25(20(2)3)24(28)14-12-13-21(4)23-15-18-30(19-16-23)26(31)32-27(6,7)8/h14,17,21,23H,2,9-13,15-16,18-19H2,1,3-8H3/b24-14+,25-22+,29-17?. The number of halogens is 1. The maximum atomic E-state index is 12.3. The molecule has 1 aliphatic rings. The number of piperidine rings is 1. The summed E-state index contributed by atoms with van der Waals surface area (Å²) < 4.78 is 6.60. The van der Waals surface area contributed by atoms with Crippen molar-refractivity contribution in [2.24, 2.45) is 16.8 Å². The Morgan fingerprint density at radius 2 is 1.88 bits per heavy atom. The Morgan fingerprint density at radius 1 is 1.25 bits per heavy atom. The lowest BCUT2D eigenvalue weighted by molar-refractivity contribution is 0.0161. The second kappa shape index (κ2) is 14.0. The first kappa shape index (κ1) is 28.7. The zero-order chi connectivity index (χ0) is 24.3. The van der Waals surface area contributed by atoms with Crippen molar-refractivity contribution in [1.82, 2.24) is 4.90 Å². The lowest BCUT2D eigenvalue weighted by atomic mass is 9.83. The summed E-state index contributed by atoms with van der Waals surface area (Å²) in [6.07, 6.45) is 11.7. The van der Waals surface area contributed by atoms with E-state index in [4.69, 9.17) is 4.74 Å². The van der Waals surface area contributed by atoms with Gasteiger partial charge in [-0.25, -0.2) is 4.79 Å². The highest BCUT2D eigenvalue weighted by atomic mass is 79.9. The Balaban J connectivity index is 2.59. The SMILES string of the molecule is C=C(C)C(/C(Br)=C\CCC(C)C1CCN(C(=O)OC(C)(C)C)CC1)=C(/C)N=CCCCC. The van der Waals surface area contributed by atoms with E-state index in [0.717, 1.165) is 66.5 Å². The van der Waals surface area contributed by atoms with Gasteiger partial charge in [0.1, 0.15) is 5.60 Å². The van der Waals surface area contributed by atoms with Crippen molar-refractivity contribution in [3.63, 3.8) is 0 Å². The van der Waals surface area contributed by atoms with Crippen LogP contribution >= 0.6 is 15.9 Å². The first-order valence-electron chi connectivity index (χ1n) is 12.2. The van der Waals surface area contributed by atoms with E-state index < -0.39 is 5.60 Å². The molecule has 1 atom stereocenters. The summed E-state index contributed by atoms with van der Waals surface area (Å²) in [7, 11) is 0. The number of unbranched alkanes of at least 4 members (excludes halogenated alkanes) is 2. The number of carbonyl (C=O) groups is 1. The Labute approximate surface area is 205 Å². The molecular formula is C27H45BrN2O2. The third-order valence-corrected chi connectivity index (χ3v) is 6.66. The van der Waals surface area contributed by atoms with Gasteiger partial charge in [-0.15, -0.1) is 0 Å². The number of allylic oxidation sites excluding steroid dienone is 5. The number of rotatable bonds is 10. The van der Waals surface area contributed by atoms with Crippen molar-refractivity contribution in [1.29, 1.82) is 0 Å². The van der Waals surface area contributed by atoms with Crippen LogP contribution in [0, 0.1) is 11.8 Å². The minimum absolute atomic E-state index is 0.178. The second-order valence-corrected chi connectivity index (χ2v) is 11.0. The lowest BCUT2D eigenvalue weighted by Crippen LogP contribution is -2.42. The fourth-order valence-electron chi connectivity index (χ4n) is 4.04. The van der Waals surface area contributed by atoms with Crippen LogP contribution in [0.5, 0.6) is 0 Å². The molecular weight excluding hydrogens is 464 g/mol. The quantitative estimate of drug-likeness (QED) is 0.168. The van der Waals surface area contributed by atoms with Gasteiger partial charge >= 0.3 is 6.09 Å². The highest BCUT2D eigenvalue weighted by Crippen LogP contribution is 2.31. The Hall–Kier alpha value is -1.36. The maximum absolute atomic E-state index is 12.3. The third-order valence-electron chi connectivity index (χ3n) is 5.94. The molecule has 1 saturated heterocycles. The summed E-state index contributed by atoms with van der Waals surface area (Å²) in [5.41, 5.74) is 2.72.